The number of carbonyl (C=O) groups excluding carboxylic acids is 6. The molecular formula is C48H78N4O11. The monoisotopic (exact) mass is 887 g/mol. The first-order valence-electron chi connectivity index (χ1n) is 22.7. The van der Waals surface area contributed by atoms with Gasteiger partial charge in [-0.2, -0.15) is 0 Å². The smallest absolute Gasteiger partial charge is 0.309 e. The molecule has 0 saturated carbocycles. The van der Waals surface area contributed by atoms with Crippen LogP contribution in [0.5, 0.6) is 0 Å². The quantitative estimate of drug-likeness (QED) is 0.0770. The van der Waals surface area contributed by atoms with E-state index in [1.807, 2.05) is 66.8 Å². The number of ether oxygens (including phenoxy) is 3. The lowest BCUT2D eigenvalue weighted by Crippen LogP contribution is -2.54. The van der Waals surface area contributed by atoms with Gasteiger partial charge in [0.1, 0.15) is 12.2 Å². The van der Waals surface area contributed by atoms with Gasteiger partial charge in [-0.15, -0.1) is 0 Å². The molecule has 0 aliphatic carbocycles. The molecule has 1 aliphatic heterocycles. The van der Waals surface area contributed by atoms with Crippen LogP contribution in [-0.2, 0) is 54.2 Å². The number of benzene rings is 1. The van der Waals surface area contributed by atoms with Crippen LogP contribution in [0.15, 0.2) is 30.3 Å². The minimum absolute atomic E-state index is 0.0298. The van der Waals surface area contributed by atoms with Gasteiger partial charge in [-0.05, 0) is 63.5 Å². The van der Waals surface area contributed by atoms with Gasteiger partial charge < -0.3 is 34.4 Å². The molecule has 1 aromatic rings. The van der Waals surface area contributed by atoms with E-state index in [4.69, 9.17) is 14.2 Å². The Balaban J connectivity index is 2.35. The van der Waals surface area contributed by atoms with Crippen LogP contribution in [0.3, 0.4) is 0 Å². The number of hydrogen-bond acceptors (Lipinski definition) is 11. The summed E-state index contributed by atoms with van der Waals surface area (Å²) in [5, 5.41) is 11.7. The Hall–Kier alpha value is -4.21. The molecule has 15 heteroatoms. The number of amides is 3. The Morgan fingerprint density at radius 2 is 1.51 bits per heavy atom. The molecule has 1 fully saturated rings. The van der Waals surface area contributed by atoms with E-state index in [1.165, 1.54) is 7.11 Å². The summed E-state index contributed by atoms with van der Waals surface area (Å²) in [6, 6.07) is 7.95. The van der Waals surface area contributed by atoms with E-state index in [-0.39, 0.29) is 85.4 Å². The second kappa shape index (κ2) is 26.5. The lowest BCUT2D eigenvalue weighted by molar-refractivity contribution is -0.149. The van der Waals surface area contributed by atoms with Gasteiger partial charge in [-0.25, -0.2) is 0 Å². The average molecular weight is 887 g/mol. The minimum Gasteiger partial charge on any atom is -0.481 e. The molecular weight excluding hydrogens is 809 g/mol. The number of likely N-dealkylation sites (tertiary alicyclic amines) is 1. The first kappa shape index (κ1) is 54.9. The third-order valence-electron chi connectivity index (χ3n) is 13.1. The summed E-state index contributed by atoms with van der Waals surface area (Å²) in [6.07, 6.45) is -1.49. The Morgan fingerprint density at radius 1 is 0.873 bits per heavy atom. The Morgan fingerprint density at radius 3 is 2.02 bits per heavy atom. The normalized spacial score (nSPS) is 18.6. The van der Waals surface area contributed by atoms with Crippen LogP contribution in [0, 0.1) is 35.5 Å². The topological polar surface area (TPSA) is 189 Å². The van der Waals surface area contributed by atoms with Crippen molar-refractivity contribution in [2.24, 2.45) is 35.5 Å². The van der Waals surface area contributed by atoms with Crippen LogP contribution in [0.1, 0.15) is 113 Å². The molecule has 1 saturated heterocycles. The number of ketones is 2. The lowest BCUT2D eigenvalue weighted by atomic mass is 9.83. The maximum atomic E-state index is 14.5. The number of carboxylic acids is 1. The second-order valence-electron chi connectivity index (χ2n) is 18.4. The number of rotatable bonds is 29. The molecule has 0 radical (unpaired) electrons. The molecule has 0 spiro atoms. The van der Waals surface area contributed by atoms with Crippen molar-refractivity contribution in [1.29, 1.82) is 0 Å². The molecule has 15 nitrogen and oxygen atoms in total. The third kappa shape index (κ3) is 15.8. The predicted molar refractivity (Wildman–Crippen MR) is 240 cm³/mol. The highest BCUT2D eigenvalue weighted by Crippen LogP contribution is 2.32. The number of hydrogen-bond donors (Lipinski definition) is 2. The number of methoxy groups -OCH3 is 2. The molecule has 1 aliphatic rings. The first-order chi connectivity index (χ1) is 29.6. The summed E-state index contributed by atoms with van der Waals surface area (Å²) in [6.45, 7) is 18.4. The predicted octanol–water partition coefficient (Wildman–Crippen LogP) is 5.41. The van der Waals surface area contributed by atoms with Crippen LogP contribution < -0.4 is 5.32 Å². The molecule has 0 bridgehead atoms. The number of likely N-dealkylation sites (N-methyl/N-ethyl adjacent to an activating group) is 2. The summed E-state index contributed by atoms with van der Waals surface area (Å²) in [5.74, 6) is -4.90. The zero-order valence-corrected chi connectivity index (χ0v) is 40.2. The van der Waals surface area contributed by atoms with E-state index < -0.39 is 66.6 Å². The highest BCUT2D eigenvalue weighted by Gasteiger charge is 2.44. The van der Waals surface area contributed by atoms with E-state index in [1.54, 1.807) is 43.0 Å². The van der Waals surface area contributed by atoms with Crippen molar-refractivity contribution in [2.45, 2.75) is 156 Å². The summed E-state index contributed by atoms with van der Waals surface area (Å²) >= 11 is 0. The van der Waals surface area contributed by atoms with Gasteiger partial charge >= 0.3 is 5.97 Å². The number of carbonyl (C=O) groups is 7. The van der Waals surface area contributed by atoms with Gasteiger partial charge in [0.25, 0.3) is 6.47 Å². The van der Waals surface area contributed by atoms with Crippen LogP contribution >= 0.6 is 0 Å². The van der Waals surface area contributed by atoms with Gasteiger partial charge in [-0.3, -0.25) is 38.5 Å². The van der Waals surface area contributed by atoms with E-state index in [0.29, 0.717) is 25.8 Å². The fourth-order valence-corrected chi connectivity index (χ4v) is 9.16. The molecule has 3 amide bonds. The van der Waals surface area contributed by atoms with Crippen molar-refractivity contribution in [3.8, 4) is 0 Å². The van der Waals surface area contributed by atoms with Gasteiger partial charge in [0.2, 0.25) is 17.7 Å². The lowest BCUT2D eigenvalue weighted by Gasteiger charge is -2.41. The summed E-state index contributed by atoms with van der Waals surface area (Å²) in [4.78, 5) is 98.5. The summed E-state index contributed by atoms with van der Waals surface area (Å²) in [5.41, 5.74) is 0.776. The largest absolute Gasteiger partial charge is 0.481 e. The van der Waals surface area contributed by atoms with Gasteiger partial charge in [0.05, 0.1) is 36.8 Å². The molecule has 1 heterocycles. The van der Waals surface area contributed by atoms with Crippen LogP contribution in [0.25, 0.3) is 0 Å². The highest BCUT2D eigenvalue weighted by atomic mass is 16.5. The van der Waals surface area contributed by atoms with Crippen molar-refractivity contribution in [3.63, 3.8) is 0 Å². The molecule has 0 aromatic heterocycles. The molecule has 2 rings (SSSR count). The van der Waals surface area contributed by atoms with E-state index in [2.05, 4.69) is 24.1 Å². The number of carboxylic acid groups (broad SMARTS) is 1. The molecule has 63 heavy (non-hydrogen) atoms. The Kier molecular flexibility index (Phi) is 23.1. The standard InChI is InChI=1S/C48H78N4O11/c1-14-32(8)45(51(11)48(60)36(29(2)3)25-39(55)44(30(4)5)50(10)31(6)7)40(61-12)26-42(56)52-22-18-21-37(52)46(62-13)33(9)38(54)24-35(23-34-19-16-15-17-20-34)47(59)49-41(63-28-53)27-43(57)58/h15-17,19-20,28-33,35-37,40-41,44-46H,14,18,21-27H2,1-13H3,(H,49,59)(H,57,58)/t32-,33-,35+,36-,37-,40+,41?,44-,45-,46+/m0/s1. The van der Waals surface area contributed by atoms with Crippen LogP contribution in [0.2, 0.25) is 0 Å². The van der Waals surface area contributed by atoms with Crippen molar-refractivity contribution < 1.29 is 52.9 Å². The molecule has 356 valence electrons. The Bertz CT molecular complexity index is 1640. The van der Waals surface area contributed by atoms with Gasteiger partial charge in [0.15, 0.2) is 12.0 Å². The van der Waals surface area contributed by atoms with E-state index in [9.17, 15) is 38.7 Å². The van der Waals surface area contributed by atoms with Crippen LogP contribution in [0.4, 0.5) is 0 Å². The van der Waals surface area contributed by atoms with Crippen molar-refractivity contribution >= 4 is 41.7 Å². The second-order valence-corrected chi connectivity index (χ2v) is 18.4. The Labute approximate surface area is 376 Å². The molecule has 1 unspecified atom stereocenters. The highest BCUT2D eigenvalue weighted by molar-refractivity contribution is 5.90. The van der Waals surface area contributed by atoms with Crippen LogP contribution in [-0.4, -0.2) is 139 Å². The van der Waals surface area contributed by atoms with Gasteiger partial charge in [-0.1, -0.05) is 85.2 Å². The number of nitrogens with zero attached hydrogens (tertiary/aromatic N) is 3. The molecule has 2 N–H and O–H groups in total. The fraction of sp³-hybridized carbons (Fsp3) is 0.729. The third-order valence-corrected chi connectivity index (χ3v) is 13.1. The number of aliphatic carboxylic acids is 1. The van der Waals surface area contributed by atoms with Crippen molar-refractivity contribution in [1.82, 2.24) is 20.0 Å². The van der Waals surface area contributed by atoms with E-state index in [0.717, 1.165) is 5.56 Å². The minimum atomic E-state index is -1.42. The first-order valence-corrected chi connectivity index (χ1v) is 22.7. The molecule has 1 aromatic carbocycles. The SMILES string of the molecule is CC[C@H](C)[C@@H]([C@@H](CC(=O)N1CCC[C@H]1[C@H](OC)[C@@H](C)C(=O)C[C@@H](Cc1ccccc1)C(=O)NC(CC(=O)O)OC=O)OC)N(C)C(=O)[C@@H](CC(=O)[C@H](C(C)C)N(C)C(C)C)C(C)C. The summed E-state index contributed by atoms with van der Waals surface area (Å²) < 4.78 is 16.9. The zero-order chi connectivity index (χ0) is 47.7. The number of Topliss-reactive ketones (excluding diaryl/α,β-unsaturated/α-hetero) is 2. The average Bonchev–Trinajstić information content (AvgIpc) is 3.71. The van der Waals surface area contributed by atoms with Crippen molar-refractivity contribution in [2.75, 3.05) is 34.9 Å². The number of nitrogens with one attached hydrogen (secondary N) is 1. The zero-order valence-electron chi connectivity index (χ0n) is 40.2. The maximum absolute atomic E-state index is 14.5. The molecule has 10 atom stereocenters. The fourth-order valence-electron chi connectivity index (χ4n) is 9.16. The van der Waals surface area contributed by atoms with E-state index >= 15 is 0 Å². The maximum Gasteiger partial charge on any atom is 0.309 e. The van der Waals surface area contributed by atoms with Crippen molar-refractivity contribution in [3.05, 3.63) is 35.9 Å². The summed E-state index contributed by atoms with van der Waals surface area (Å²) in [7, 11) is 6.73. The van der Waals surface area contributed by atoms with Gasteiger partial charge in [0, 0.05) is 64.4 Å².